The van der Waals surface area contributed by atoms with Crippen molar-refractivity contribution in [2.24, 2.45) is 11.8 Å². The first kappa shape index (κ1) is 13.2. The molecule has 1 N–H and O–H groups in total. The molecular weight excluding hydrogens is 204 g/mol. The molecule has 0 heterocycles. The van der Waals surface area contributed by atoms with Crippen LogP contribution in [-0.2, 0) is 9.53 Å². The molecular formula is C13H22O3. The quantitative estimate of drug-likeness (QED) is 0.591. The molecule has 92 valence electrons. The zero-order valence-electron chi connectivity index (χ0n) is 10.4. The lowest BCUT2D eigenvalue weighted by atomic mass is 9.96. The Balaban J connectivity index is 2.45. The Morgan fingerprint density at radius 2 is 2.12 bits per heavy atom. The average Bonchev–Trinajstić information content (AvgIpc) is 2.45. The third kappa shape index (κ3) is 3.63. The van der Waals surface area contributed by atoms with Crippen LogP contribution in [0, 0.1) is 11.8 Å². The largest absolute Gasteiger partial charge is 0.456 e. The molecule has 0 spiro atoms. The smallest absolute Gasteiger partial charge is 0.333 e. The van der Waals surface area contributed by atoms with E-state index in [0.29, 0.717) is 17.4 Å². The number of esters is 1. The first-order chi connectivity index (χ1) is 7.40. The maximum absolute atomic E-state index is 11.3. The van der Waals surface area contributed by atoms with E-state index >= 15 is 0 Å². The van der Waals surface area contributed by atoms with Crippen LogP contribution in [0.3, 0.4) is 0 Å². The Kier molecular flexibility index (Phi) is 4.54. The third-order valence-corrected chi connectivity index (χ3v) is 2.98. The van der Waals surface area contributed by atoms with Crippen LogP contribution >= 0.6 is 0 Å². The molecule has 1 fully saturated rings. The van der Waals surface area contributed by atoms with Gasteiger partial charge in [-0.1, -0.05) is 20.4 Å². The van der Waals surface area contributed by atoms with Crippen LogP contribution in [0.2, 0.25) is 0 Å². The van der Waals surface area contributed by atoms with Gasteiger partial charge in [0.25, 0.3) is 0 Å². The third-order valence-electron chi connectivity index (χ3n) is 2.98. The number of carbonyl (C=O) groups excluding carboxylic acids is 1. The lowest BCUT2D eigenvalue weighted by molar-refractivity contribution is -0.148. The zero-order valence-corrected chi connectivity index (χ0v) is 10.4. The average molecular weight is 226 g/mol. The molecule has 1 rings (SSSR count). The predicted molar refractivity (Wildman–Crippen MR) is 62.9 cm³/mol. The van der Waals surface area contributed by atoms with Crippen molar-refractivity contribution < 1.29 is 14.6 Å². The summed E-state index contributed by atoms with van der Waals surface area (Å²) in [7, 11) is 0. The summed E-state index contributed by atoms with van der Waals surface area (Å²) in [5, 5.41) is 9.80. The van der Waals surface area contributed by atoms with E-state index in [2.05, 4.69) is 20.4 Å². The Labute approximate surface area is 97.5 Å². The van der Waals surface area contributed by atoms with Gasteiger partial charge in [-0.3, -0.25) is 0 Å². The van der Waals surface area contributed by atoms with E-state index in [-0.39, 0.29) is 6.10 Å². The van der Waals surface area contributed by atoms with Crippen molar-refractivity contribution in [1.82, 2.24) is 0 Å². The molecule has 0 aromatic heterocycles. The summed E-state index contributed by atoms with van der Waals surface area (Å²) in [6.07, 6.45) is 1.75. The number of ether oxygens (including phenoxy) is 1. The predicted octanol–water partition coefficient (Wildman–Crippen LogP) is 2.29. The van der Waals surface area contributed by atoms with Crippen LogP contribution in [0.25, 0.3) is 0 Å². The Morgan fingerprint density at radius 1 is 1.50 bits per heavy atom. The minimum Gasteiger partial charge on any atom is -0.456 e. The highest BCUT2D eigenvalue weighted by Gasteiger charge is 2.35. The minimum absolute atomic E-state index is 0.340. The van der Waals surface area contributed by atoms with E-state index in [9.17, 15) is 9.90 Å². The molecule has 0 radical (unpaired) electrons. The van der Waals surface area contributed by atoms with Gasteiger partial charge in [-0.2, -0.15) is 0 Å². The van der Waals surface area contributed by atoms with Gasteiger partial charge in [0.2, 0.25) is 0 Å². The molecule has 1 saturated carbocycles. The first-order valence-electron chi connectivity index (χ1n) is 5.94. The van der Waals surface area contributed by atoms with E-state index < -0.39 is 12.1 Å². The summed E-state index contributed by atoms with van der Waals surface area (Å²) in [6.45, 7) is 9.49. The summed E-state index contributed by atoms with van der Waals surface area (Å²) >= 11 is 0. The van der Waals surface area contributed by atoms with E-state index in [1.807, 2.05) is 0 Å². The van der Waals surface area contributed by atoms with Crippen molar-refractivity contribution in [3.8, 4) is 0 Å². The number of hydrogen-bond acceptors (Lipinski definition) is 3. The fraction of sp³-hybridized carbons (Fsp3) is 0.769. The summed E-state index contributed by atoms with van der Waals surface area (Å²) in [6, 6.07) is 0. The van der Waals surface area contributed by atoms with Crippen LogP contribution in [-0.4, -0.2) is 23.3 Å². The molecule has 3 heteroatoms. The summed E-state index contributed by atoms with van der Waals surface area (Å²) < 4.78 is 5.21. The molecule has 0 bridgehead atoms. The summed E-state index contributed by atoms with van der Waals surface area (Å²) in [4.78, 5) is 11.3. The Bertz CT molecular complexity index is 270. The van der Waals surface area contributed by atoms with Crippen LogP contribution in [0.15, 0.2) is 12.2 Å². The molecule has 1 aliphatic rings. The van der Waals surface area contributed by atoms with Crippen LogP contribution < -0.4 is 0 Å². The first-order valence-corrected chi connectivity index (χ1v) is 5.94. The van der Waals surface area contributed by atoms with E-state index in [1.54, 1.807) is 6.92 Å². The molecule has 0 aromatic carbocycles. The van der Waals surface area contributed by atoms with Crippen molar-refractivity contribution in [3.05, 3.63) is 12.2 Å². The molecule has 3 nitrogen and oxygen atoms in total. The fourth-order valence-electron chi connectivity index (χ4n) is 2.30. The van der Waals surface area contributed by atoms with Crippen molar-refractivity contribution >= 4 is 5.97 Å². The van der Waals surface area contributed by atoms with Crippen LogP contribution in [0.4, 0.5) is 0 Å². The number of hydrogen-bond donors (Lipinski definition) is 1. The van der Waals surface area contributed by atoms with Gasteiger partial charge < -0.3 is 9.84 Å². The number of aliphatic hydroxyl groups excluding tert-OH is 1. The molecule has 3 atom stereocenters. The van der Waals surface area contributed by atoms with E-state index in [0.717, 1.165) is 19.3 Å². The molecule has 16 heavy (non-hydrogen) atoms. The highest BCUT2D eigenvalue weighted by Crippen LogP contribution is 2.33. The number of aliphatic hydroxyl groups is 1. The van der Waals surface area contributed by atoms with Crippen molar-refractivity contribution in [2.75, 3.05) is 0 Å². The highest BCUT2D eigenvalue weighted by molar-refractivity contribution is 5.87. The number of rotatable bonds is 4. The fourth-order valence-corrected chi connectivity index (χ4v) is 2.30. The summed E-state index contributed by atoms with van der Waals surface area (Å²) in [5.74, 6) is 0.694. The normalized spacial score (nSPS) is 29.4. The van der Waals surface area contributed by atoms with Gasteiger partial charge in [-0.15, -0.1) is 0 Å². The monoisotopic (exact) mass is 226 g/mol. The van der Waals surface area contributed by atoms with Crippen LogP contribution in [0.5, 0.6) is 0 Å². The minimum atomic E-state index is -0.507. The van der Waals surface area contributed by atoms with Gasteiger partial charge in [-0.25, -0.2) is 4.79 Å². The van der Waals surface area contributed by atoms with Gasteiger partial charge in [0.1, 0.15) is 6.10 Å². The van der Waals surface area contributed by atoms with E-state index in [4.69, 9.17) is 4.74 Å². The van der Waals surface area contributed by atoms with Gasteiger partial charge in [0, 0.05) is 5.57 Å². The van der Waals surface area contributed by atoms with Gasteiger partial charge in [0.05, 0.1) is 6.10 Å². The summed E-state index contributed by atoms with van der Waals surface area (Å²) in [5.41, 5.74) is 0.388. The second-order valence-electron chi connectivity index (χ2n) is 5.26. The molecule has 0 aliphatic heterocycles. The highest BCUT2D eigenvalue weighted by atomic mass is 16.6. The maximum atomic E-state index is 11.3. The molecule has 0 aromatic rings. The van der Waals surface area contributed by atoms with Crippen molar-refractivity contribution in [1.29, 1.82) is 0 Å². The van der Waals surface area contributed by atoms with Crippen molar-refractivity contribution in [3.63, 3.8) is 0 Å². The second-order valence-corrected chi connectivity index (χ2v) is 5.26. The standard InChI is InChI=1S/C13H22O3/c1-8(2)5-10-6-11(14)12(7-10)16-13(15)9(3)4/h8,10-12,14H,3,5-7H2,1-2,4H3. The van der Waals surface area contributed by atoms with Crippen LogP contribution in [0.1, 0.15) is 40.0 Å². The number of carbonyl (C=O) groups is 1. The lowest BCUT2D eigenvalue weighted by Crippen LogP contribution is -2.26. The topological polar surface area (TPSA) is 46.5 Å². The SMILES string of the molecule is C=C(C)C(=O)OC1CC(CC(C)C)CC1O. The van der Waals surface area contributed by atoms with Crippen molar-refractivity contribution in [2.45, 2.75) is 52.2 Å². The van der Waals surface area contributed by atoms with Gasteiger partial charge in [-0.05, 0) is 38.0 Å². The van der Waals surface area contributed by atoms with E-state index in [1.165, 1.54) is 0 Å². The molecule has 3 unspecified atom stereocenters. The molecule has 1 aliphatic carbocycles. The molecule has 0 saturated heterocycles. The Hall–Kier alpha value is -0.830. The van der Waals surface area contributed by atoms with Gasteiger partial charge >= 0.3 is 5.97 Å². The lowest BCUT2D eigenvalue weighted by Gasteiger charge is -2.15. The second kappa shape index (κ2) is 5.48. The molecule has 0 amide bonds. The zero-order chi connectivity index (χ0) is 12.3. The van der Waals surface area contributed by atoms with Gasteiger partial charge in [0.15, 0.2) is 0 Å². The maximum Gasteiger partial charge on any atom is 0.333 e. The Morgan fingerprint density at radius 3 is 2.62 bits per heavy atom.